The Morgan fingerprint density at radius 2 is 1.91 bits per heavy atom. The average Bonchev–Trinajstić information content (AvgIpc) is 3.44. The van der Waals surface area contributed by atoms with Gasteiger partial charge in [-0.3, -0.25) is 4.98 Å². The van der Waals surface area contributed by atoms with Crippen molar-refractivity contribution >= 4 is 17.2 Å². The van der Waals surface area contributed by atoms with Crippen LogP contribution in [-0.2, 0) is 14.9 Å². The number of nitrogens with one attached hydrogen (secondary N) is 1. The molecule has 0 spiro atoms. The Bertz CT molecular complexity index is 1740. The highest BCUT2D eigenvalue weighted by molar-refractivity contribution is 5.66. The Kier molecular flexibility index (Phi) is 8.72. The predicted octanol–water partition coefficient (Wildman–Crippen LogP) is 5.52. The quantitative estimate of drug-likeness (QED) is 0.245. The molecule has 2 fully saturated rings. The number of benzene rings is 1. The fraction of sp³-hybridized carbons (Fsp3) is 0.424. The Labute approximate surface area is 259 Å². The van der Waals surface area contributed by atoms with Crippen molar-refractivity contribution in [3.05, 3.63) is 71.7 Å². The van der Waals surface area contributed by atoms with E-state index in [1.807, 2.05) is 6.07 Å². The second-order valence-electron chi connectivity index (χ2n) is 11.9. The molecule has 3 N–H and O–H groups in total. The minimum Gasteiger partial charge on any atom is -0.381 e. The van der Waals surface area contributed by atoms with Crippen molar-refractivity contribution in [2.75, 3.05) is 25.1 Å². The highest BCUT2D eigenvalue weighted by Gasteiger charge is 2.37. The van der Waals surface area contributed by atoms with Gasteiger partial charge in [0, 0.05) is 25.5 Å². The number of pyridine rings is 1. The number of nitrogens with zero attached hydrogens (tertiary/aromatic N) is 6. The normalized spacial score (nSPS) is 22.9. The van der Waals surface area contributed by atoms with Crippen LogP contribution in [0.2, 0.25) is 0 Å². The summed E-state index contributed by atoms with van der Waals surface area (Å²) in [4.78, 5) is 8.81. The van der Waals surface area contributed by atoms with Crippen LogP contribution < -0.4 is 11.1 Å². The van der Waals surface area contributed by atoms with Crippen LogP contribution in [-0.4, -0.2) is 51.5 Å². The summed E-state index contributed by atoms with van der Waals surface area (Å²) in [7, 11) is 0. The van der Waals surface area contributed by atoms with Crippen molar-refractivity contribution in [2.45, 2.75) is 62.5 Å². The van der Waals surface area contributed by atoms with Crippen molar-refractivity contribution in [3.63, 3.8) is 0 Å². The van der Waals surface area contributed by atoms with Crippen LogP contribution in [0.5, 0.6) is 0 Å². The topological polar surface area (TPSA) is 147 Å². The van der Waals surface area contributed by atoms with Crippen LogP contribution >= 0.6 is 0 Å². The Balaban J connectivity index is 1.28. The second kappa shape index (κ2) is 12.9. The van der Waals surface area contributed by atoms with Crippen LogP contribution in [0.15, 0.2) is 48.9 Å². The molecule has 0 bridgehead atoms. The van der Waals surface area contributed by atoms with Crippen molar-refractivity contribution < 1.29 is 18.3 Å². The Hall–Kier alpha value is -4.49. The van der Waals surface area contributed by atoms with Gasteiger partial charge in [0.1, 0.15) is 11.6 Å². The van der Waals surface area contributed by atoms with E-state index in [4.69, 9.17) is 20.5 Å². The molecule has 232 valence electrons. The lowest BCUT2D eigenvalue weighted by atomic mass is 9.74. The zero-order valence-electron chi connectivity index (χ0n) is 24.9. The first kappa shape index (κ1) is 30.5. The molecule has 0 amide bonds. The first-order valence-electron chi connectivity index (χ1n) is 15.1. The summed E-state index contributed by atoms with van der Waals surface area (Å²) >= 11 is 0. The van der Waals surface area contributed by atoms with E-state index < -0.39 is 17.0 Å². The first-order valence-corrected chi connectivity index (χ1v) is 15.1. The molecule has 12 heteroatoms. The number of anilines is 2. The molecule has 1 aliphatic carbocycles. The standard InChI is InChI=1S/C33H34F2N8O2/c1-20-13-21(14-27(38)31(20)45-10-2-8-36)24-5-9-39-18-29(24)41-32-40-17-23-3-4-28(42-43(23)32)30-25(34)15-22(16-26(30)35)33(19-37)6-11-44-12-7-33/h3-5,9,15-18,20-21,27,31H,2,6-7,10-14,38H2,1H3,(H,40,41)/t20-,21+,27+,31-/m0/s1. The van der Waals surface area contributed by atoms with Gasteiger partial charge in [-0.05, 0) is 79.0 Å². The number of hydrogen-bond donors (Lipinski definition) is 2. The maximum atomic E-state index is 15.6. The fourth-order valence-corrected chi connectivity index (χ4v) is 6.71. The van der Waals surface area contributed by atoms with Crippen molar-refractivity contribution in [3.8, 4) is 23.4 Å². The summed E-state index contributed by atoms with van der Waals surface area (Å²) in [6, 6.07) is 11.9. The molecule has 0 radical (unpaired) electrons. The number of ether oxygens (including phenoxy) is 2. The van der Waals surface area contributed by atoms with E-state index in [2.05, 4.69) is 39.4 Å². The van der Waals surface area contributed by atoms with Crippen molar-refractivity contribution in [2.24, 2.45) is 11.7 Å². The molecular formula is C33H34F2N8O2. The molecule has 1 aliphatic heterocycles. The van der Waals surface area contributed by atoms with Crippen molar-refractivity contribution in [1.82, 2.24) is 19.6 Å². The van der Waals surface area contributed by atoms with Gasteiger partial charge < -0.3 is 20.5 Å². The van der Waals surface area contributed by atoms with E-state index in [-0.39, 0.29) is 35.2 Å². The van der Waals surface area contributed by atoms with Crippen molar-refractivity contribution in [1.29, 1.82) is 10.5 Å². The largest absolute Gasteiger partial charge is 0.381 e. The van der Waals surface area contributed by atoms with Crippen LogP contribution in [0, 0.1) is 40.2 Å². The zero-order chi connectivity index (χ0) is 31.6. The highest BCUT2D eigenvalue weighted by Crippen LogP contribution is 2.41. The van der Waals surface area contributed by atoms with E-state index in [0.29, 0.717) is 62.5 Å². The molecule has 4 atom stereocenters. The lowest BCUT2D eigenvalue weighted by Crippen LogP contribution is -2.46. The SMILES string of the molecule is C[C@H]1C[C@@H](c2ccncc2Nc2ncc3ccc(-c4c(F)cc(C5(C#N)CCOCC5)cc4F)nn23)C[C@@H](N)[C@H]1OCCC#N. The Morgan fingerprint density at radius 1 is 1.13 bits per heavy atom. The van der Waals surface area contributed by atoms with E-state index in [9.17, 15) is 5.26 Å². The number of hydrogen-bond acceptors (Lipinski definition) is 9. The molecule has 1 aromatic carbocycles. The van der Waals surface area contributed by atoms with Gasteiger partial charge in [-0.25, -0.2) is 13.8 Å². The average molecular weight is 613 g/mol. The van der Waals surface area contributed by atoms with E-state index >= 15 is 8.78 Å². The molecule has 10 nitrogen and oxygen atoms in total. The van der Waals surface area contributed by atoms with Gasteiger partial charge in [-0.2, -0.15) is 20.1 Å². The van der Waals surface area contributed by atoms with Crippen LogP contribution in [0.1, 0.15) is 56.1 Å². The summed E-state index contributed by atoms with van der Waals surface area (Å²) in [6.45, 7) is 3.19. The van der Waals surface area contributed by atoms with E-state index in [0.717, 1.165) is 17.7 Å². The fourth-order valence-electron chi connectivity index (χ4n) is 6.71. The van der Waals surface area contributed by atoms with Gasteiger partial charge in [0.25, 0.3) is 0 Å². The second-order valence-corrected chi connectivity index (χ2v) is 11.9. The predicted molar refractivity (Wildman–Crippen MR) is 162 cm³/mol. The summed E-state index contributed by atoms with van der Waals surface area (Å²) in [5, 5.41) is 26.6. The minimum atomic E-state index is -0.996. The molecule has 6 rings (SSSR count). The zero-order valence-corrected chi connectivity index (χ0v) is 24.9. The van der Waals surface area contributed by atoms with E-state index in [1.54, 1.807) is 30.7 Å². The monoisotopic (exact) mass is 612 g/mol. The molecule has 3 aromatic heterocycles. The third-order valence-electron chi connectivity index (χ3n) is 9.06. The molecule has 2 aliphatic rings. The third kappa shape index (κ3) is 5.97. The van der Waals surface area contributed by atoms with Gasteiger partial charge in [-0.1, -0.05) is 6.92 Å². The number of nitrogens with two attached hydrogens (primary N) is 1. The summed E-state index contributed by atoms with van der Waals surface area (Å²) in [5.41, 5.74) is 8.04. The summed E-state index contributed by atoms with van der Waals surface area (Å²) in [5.74, 6) is -0.921. The van der Waals surface area contributed by atoms with Gasteiger partial charge in [0.2, 0.25) is 5.95 Å². The molecular weight excluding hydrogens is 578 g/mol. The number of rotatable bonds is 8. The van der Waals surface area contributed by atoms with Gasteiger partial charge in [-0.15, -0.1) is 0 Å². The molecule has 1 saturated carbocycles. The molecule has 4 aromatic rings. The van der Waals surface area contributed by atoms with Gasteiger partial charge >= 0.3 is 0 Å². The number of nitriles is 2. The maximum Gasteiger partial charge on any atom is 0.229 e. The summed E-state index contributed by atoms with van der Waals surface area (Å²) < 4.78 is 43.9. The van der Waals surface area contributed by atoms with Gasteiger partial charge in [0.05, 0.1) is 71.5 Å². The lowest BCUT2D eigenvalue weighted by molar-refractivity contribution is -0.0198. The third-order valence-corrected chi connectivity index (χ3v) is 9.06. The maximum absolute atomic E-state index is 15.6. The van der Waals surface area contributed by atoms with E-state index in [1.165, 1.54) is 16.6 Å². The smallest absolute Gasteiger partial charge is 0.229 e. The highest BCUT2D eigenvalue weighted by atomic mass is 19.1. The minimum absolute atomic E-state index is 0.0870. The summed E-state index contributed by atoms with van der Waals surface area (Å²) in [6.07, 6.45) is 7.54. The molecule has 0 unspecified atom stereocenters. The van der Waals surface area contributed by atoms with Crippen LogP contribution in [0.3, 0.4) is 0 Å². The number of fused-ring (bicyclic) bond motifs is 1. The molecule has 45 heavy (non-hydrogen) atoms. The Morgan fingerprint density at radius 3 is 2.62 bits per heavy atom. The molecule has 1 saturated heterocycles. The van der Waals surface area contributed by atoms with Gasteiger partial charge in [0.15, 0.2) is 0 Å². The first-order chi connectivity index (χ1) is 21.8. The number of imidazole rings is 1. The molecule has 4 heterocycles. The number of halogens is 2. The van der Waals surface area contributed by atoms with Crippen LogP contribution in [0.4, 0.5) is 20.4 Å². The number of aromatic nitrogens is 4. The lowest BCUT2D eigenvalue weighted by Gasteiger charge is -2.39. The van der Waals surface area contributed by atoms with Crippen LogP contribution in [0.25, 0.3) is 16.8 Å².